The minimum atomic E-state index is -0.0618. The number of nitrogens with zero attached hydrogens (tertiary/aromatic N) is 3. The second-order valence-corrected chi connectivity index (χ2v) is 9.16. The minimum Gasteiger partial charge on any atom is -0.265 e. The molecule has 0 spiro atoms. The fourth-order valence-corrected chi connectivity index (χ4v) is 6.36. The van der Waals surface area contributed by atoms with E-state index in [2.05, 4.69) is 90.9 Å². The predicted molar refractivity (Wildman–Crippen MR) is 96.5 cm³/mol. The van der Waals surface area contributed by atoms with Crippen LogP contribution in [0, 0.1) is 0 Å². The Morgan fingerprint density at radius 1 is 0.571 bits per heavy atom. The van der Waals surface area contributed by atoms with Gasteiger partial charge in [-0.15, -0.1) is 0 Å². The molecule has 0 aromatic carbocycles. The van der Waals surface area contributed by atoms with Gasteiger partial charge in [0, 0.05) is 12.1 Å². The molecule has 1 saturated heterocycles. The maximum Gasteiger partial charge on any atom is 0.0722 e. The first kappa shape index (κ1) is 19.3. The monoisotopic (exact) mass is 315 g/mol. The number of thiol groups is 1. The molecule has 0 radical (unpaired) electrons. The van der Waals surface area contributed by atoms with Gasteiger partial charge in [-0.2, -0.15) is 12.6 Å². The van der Waals surface area contributed by atoms with E-state index in [9.17, 15) is 0 Å². The highest BCUT2D eigenvalue weighted by atomic mass is 32.1. The van der Waals surface area contributed by atoms with Gasteiger partial charge in [0.25, 0.3) is 0 Å². The average Bonchev–Trinajstić information content (AvgIpc) is 2.07. The van der Waals surface area contributed by atoms with Crippen molar-refractivity contribution in [3.63, 3.8) is 0 Å². The third-order valence-corrected chi connectivity index (χ3v) is 5.17. The summed E-state index contributed by atoms with van der Waals surface area (Å²) in [4.78, 5) is 7.78. The molecule has 0 N–H and O–H groups in total. The largest absolute Gasteiger partial charge is 0.265 e. The zero-order chi connectivity index (χ0) is 17.0. The SMILES string of the molecule is CC(C)N1C(C)(C)N(C(C)C)C(C)(C)N(C(C)S)C1(C)C. The third kappa shape index (κ3) is 2.89. The summed E-state index contributed by atoms with van der Waals surface area (Å²) in [7, 11) is 0. The molecule has 1 aliphatic rings. The molecule has 1 unspecified atom stereocenters. The highest BCUT2D eigenvalue weighted by Gasteiger charge is 2.59. The van der Waals surface area contributed by atoms with Gasteiger partial charge in [-0.1, -0.05) is 0 Å². The van der Waals surface area contributed by atoms with Gasteiger partial charge in [-0.05, 0) is 76.2 Å². The van der Waals surface area contributed by atoms with Crippen molar-refractivity contribution in [3.05, 3.63) is 0 Å². The van der Waals surface area contributed by atoms with E-state index in [0.29, 0.717) is 12.1 Å². The fourth-order valence-electron chi connectivity index (χ4n) is 5.80. The highest BCUT2D eigenvalue weighted by molar-refractivity contribution is 7.80. The molecule has 1 aliphatic heterocycles. The molecular formula is C17H37N3S. The van der Waals surface area contributed by atoms with Crippen LogP contribution in [0.25, 0.3) is 0 Å². The van der Waals surface area contributed by atoms with Gasteiger partial charge < -0.3 is 0 Å². The van der Waals surface area contributed by atoms with E-state index in [1.54, 1.807) is 0 Å². The van der Waals surface area contributed by atoms with Crippen LogP contribution >= 0.6 is 12.6 Å². The summed E-state index contributed by atoms with van der Waals surface area (Å²) in [5, 5.41) is 0.189. The quantitative estimate of drug-likeness (QED) is 0.782. The van der Waals surface area contributed by atoms with Crippen molar-refractivity contribution < 1.29 is 0 Å². The minimum absolute atomic E-state index is 0.0193. The van der Waals surface area contributed by atoms with E-state index in [0.717, 1.165) is 0 Å². The fraction of sp³-hybridized carbons (Fsp3) is 1.00. The molecule has 0 bridgehead atoms. The molecule has 0 saturated carbocycles. The summed E-state index contributed by atoms with van der Waals surface area (Å²) >= 11 is 4.82. The summed E-state index contributed by atoms with van der Waals surface area (Å²) in [6.07, 6.45) is 0. The van der Waals surface area contributed by atoms with Crippen molar-refractivity contribution in [1.82, 2.24) is 14.7 Å². The van der Waals surface area contributed by atoms with E-state index in [1.807, 2.05) is 0 Å². The lowest BCUT2D eigenvalue weighted by molar-refractivity contribution is -0.301. The summed E-state index contributed by atoms with van der Waals surface area (Å²) in [5.41, 5.74) is -0.143. The van der Waals surface area contributed by atoms with Crippen molar-refractivity contribution in [3.8, 4) is 0 Å². The normalized spacial score (nSPS) is 28.3. The van der Waals surface area contributed by atoms with E-state index in [4.69, 9.17) is 12.6 Å². The summed E-state index contributed by atoms with van der Waals surface area (Å²) in [5.74, 6) is 0. The van der Waals surface area contributed by atoms with Gasteiger partial charge in [0.1, 0.15) is 0 Å². The Bertz CT molecular complexity index is 297. The van der Waals surface area contributed by atoms with Crippen LogP contribution < -0.4 is 0 Å². The molecule has 1 heterocycles. The highest BCUT2D eigenvalue weighted by Crippen LogP contribution is 2.48. The van der Waals surface area contributed by atoms with Crippen LogP contribution in [0.2, 0.25) is 0 Å². The second kappa shape index (κ2) is 5.70. The van der Waals surface area contributed by atoms with Gasteiger partial charge in [0.05, 0.1) is 22.4 Å². The van der Waals surface area contributed by atoms with E-state index < -0.39 is 0 Å². The molecule has 126 valence electrons. The maximum atomic E-state index is 4.82. The Morgan fingerprint density at radius 3 is 1.00 bits per heavy atom. The predicted octanol–water partition coefficient (Wildman–Crippen LogP) is 4.21. The second-order valence-electron chi connectivity index (χ2n) is 8.41. The topological polar surface area (TPSA) is 9.72 Å². The van der Waals surface area contributed by atoms with Crippen molar-refractivity contribution >= 4 is 12.6 Å². The first-order valence-electron chi connectivity index (χ1n) is 8.26. The van der Waals surface area contributed by atoms with Crippen molar-refractivity contribution in [2.75, 3.05) is 0 Å². The van der Waals surface area contributed by atoms with E-state index in [1.165, 1.54) is 0 Å². The summed E-state index contributed by atoms with van der Waals surface area (Å²) in [6, 6.07) is 0.920. The molecule has 1 fully saturated rings. The van der Waals surface area contributed by atoms with Crippen LogP contribution in [-0.2, 0) is 0 Å². The van der Waals surface area contributed by atoms with Gasteiger partial charge in [0.15, 0.2) is 0 Å². The van der Waals surface area contributed by atoms with Crippen molar-refractivity contribution in [1.29, 1.82) is 0 Å². The van der Waals surface area contributed by atoms with Crippen LogP contribution in [0.5, 0.6) is 0 Å². The lowest BCUT2D eigenvalue weighted by Gasteiger charge is -2.72. The molecule has 0 amide bonds. The summed E-state index contributed by atoms with van der Waals surface area (Å²) in [6.45, 7) is 25.4. The zero-order valence-electron chi connectivity index (χ0n) is 16.0. The van der Waals surface area contributed by atoms with Crippen LogP contribution in [-0.4, -0.2) is 49.1 Å². The van der Waals surface area contributed by atoms with Crippen LogP contribution in [0.1, 0.15) is 76.2 Å². The number of rotatable bonds is 3. The molecule has 0 aromatic heterocycles. The van der Waals surface area contributed by atoms with Gasteiger partial charge in [-0.25, -0.2) is 0 Å². The molecule has 3 nitrogen and oxygen atoms in total. The first-order valence-corrected chi connectivity index (χ1v) is 8.78. The lowest BCUT2D eigenvalue weighted by atomic mass is 9.88. The van der Waals surface area contributed by atoms with Gasteiger partial charge >= 0.3 is 0 Å². The van der Waals surface area contributed by atoms with Gasteiger partial charge in [0.2, 0.25) is 0 Å². The molecule has 0 aromatic rings. The van der Waals surface area contributed by atoms with Crippen LogP contribution in [0.15, 0.2) is 0 Å². The van der Waals surface area contributed by atoms with Crippen molar-refractivity contribution in [2.45, 2.75) is 111 Å². The van der Waals surface area contributed by atoms with Crippen molar-refractivity contribution in [2.24, 2.45) is 0 Å². The maximum absolute atomic E-state index is 4.82. The number of hydrogen-bond acceptors (Lipinski definition) is 4. The third-order valence-electron chi connectivity index (χ3n) is 4.94. The Hall–Kier alpha value is 0.230. The molecule has 1 rings (SSSR count). The average molecular weight is 316 g/mol. The number of hydrogen-bond donors (Lipinski definition) is 1. The Balaban J connectivity index is 3.58. The Morgan fingerprint density at radius 2 is 0.810 bits per heavy atom. The molecule has 4 heteroatoms. The first-order chi connectivity index (χ1) is 9.20. The summed E-state index contributed by atoms with van der Waals surface area (Å²) < 4.78 is 0. The van der Waals surface area contributed by atoms with Gasteiger partial charge in [-0.3, -0.25) is 14.7 Å². The molecular weight excluding hydrogens is 278 g/mol. The van der Waals surface area contributed by atoms with Crippen LogP contribution in [0.3, 0.4) is 0 Å². The van der Waals surface area contributed by atoms with Crippen LogP contribution in [0.4, 0.5) is 0 Å². The smallest absolute Gasteiger partial charge is 0.0722 e. The molecule has 0 aliphatic carbocycles. The van der Waals surface area contributed by atoms with E-state index >= 15 is 0 Å². The Labute approximate surface area is 138 Å². The van der Waals surface area contributed by atoms with E-state index in [-0.39, 0.29) is 22.4 Å². The molecule has 1 atom stereocenters. The zero-order valence-corrected chi connectivity index (χ0v) is 16.9. The standard InChI is InChI=1S/C17H37N3S/c1-12(2)18-15(6,7)19(13(3)4)17(10,11)20(14(5)21)16(18,8)9/h12-14,21H,1-11H3. The molecule has 21 heavy (non-hydrogen) atoms. The Kier molecular flexibility index (Phi) is 5.23. The lowest BCUT2D eigenvalue weighted by Crippen LogP contribution is -2.85.